The zero-order valence-electron chi connectivity index (χ0n) is 16.9. The number of aryl methyl sites for hydroxylation is 1. The van der Waals surface area contributed by atoms with Crippen LogP contribution in [-0.4, -0.2) is 19.1 Å². The number of nitrogens with one attached hydrogen (secondary N) is 4. The second kappa shape index (κ2) is 9.37. The maximum atomic E-state index is 10.8. The molecule has 3 aromatic carbocycles. The lowest BCUT2D eigenvalue weighted by molar-refractivity contribution is -0.384. The van der Waals surface area contributed by atoms with E-state index in [9.17, 15) is 10.1 Å². The zero-order valence-corrected chi connectivity index (χ0v) is 16.9. The smallest absolute Gasteiger partial charge is 0.269 e. The van der Waals surface area contributed by atoms with Gasteiger partial charge in [-0.3, -0.25) is 21.0 Å². The van der Waals surface area contributed by atoms with Gasteiger partial charge in [0.25, 0.3) is 5.69 Å². The van der Waals surface area contributed by atoms with Crippen molar-refractivity contribution < 1.29 is 14.4 Å². The van der Waals surface area contributed by atoms with Gasteiger partial charge in [0.2, 0.25) is 0 Å². The number of rotatable bonds is 9. The molecule has 0 aliphatic rings. The van der Waals surface area contributed by atoms with E-state index in [4.69, 9.17) is 9.47 Å². The number of hydrazine groups is 2. The van der Waals surface area contributed by atoms with E-state index in [1.54, 1.807) is 38.5 Å². The molecule has 0 bridgehead atoms. The lowest BCUT2D eigenvalue weighted by atomic mass is 10.2. The van der Waals surface area contributed by atoms with Crippen molar-refractivity contribution in [2.45, 2.75) is 6.92 Å². The highest BCUT2D eigenvalue weighted by molar-refractivity contribution is 5.73. The molecule has 0 fully saturated rings. The van der Waals surface area contributed by atoms with Gasteiger partial charge in [-0.2, -0.15) is 0 Å². The number of non-ortho nitro benzene ring substituents is 1. The normalized spacial score (nSPS) is 10.1. The molecular formula is C21H23N5O4. The minimum atomic E-state index is -0.443. The molecule has 30 heavy (non-hydrogen) atoms. The summed E-state index contributed by atoms with van der Waals surface area (Å²) in [6, 6.07) is 17.6. The van der Waals surface area contributed by atoms with Crippen LogP contribution < -0.4 is 31.2 Å². The predicted molar refractivity (Wildman–Crippen MR) is 118 cm³/mol. The van der Waals surface area contributed by atoms with E-state index >= 15 is 0 Å². The van der Waals surface area contributed by atoms with E-state index in [1.807, 2.05) is 31.2 Å². The van der Waals surface area contributed by atoms with Crippen molar-refractivity contribution in [3.05, 3.63) is 76.3 Å². The summed E-state index contributed by atoms with van der Waals surface area (Å²) in [5.41, 5.74) is 16.4. The van der Waals surface area contributed by atoms with E-state index in [0.717, 1.165) is 5.69 Å². The topological polar surface area (TPSA) is 110 Å². The summed E-state index contributed by atoms with van der Waals surface area (Å²) in [5.74, 6) is 1.15. The van der Waals surface area contributed by atoms with Crippen LogP contribution in [0.25, 0.3) is 0 Å². The summed E-state index contributed by atoms with van der Waals surface area (Å²) in [6.45, 7) is 2.03. The van der Waals surface area contributed by atoms with Crippen LogP contribution in [0.15, 0.2) is 60.7 Å². The molecule has 0 unspecified atom stereocenters. The van der Waals surface area contributed by atoms with Gasteiger partial charge in [0, 0.05) is 24.3 Å². The molecule has 0 saturated carbocycles. The van der Waals surface area contributed by atoms with Crippen LogP contribution in [0.3, 0.4) is 0 Å². The zero-order chi connectivity index (χ0) is 21.5. The number of nitro benzene ring substituents is 1. The lowest BCUT2D eigenvalue weighted by Crippen LogP contribution is -2.12. The largest absolute Gasteiger partial charge is 0.494 e. The minimum absolute atomic E-state index is 0.0244. The molecule has 3 rings (SSSR count). The molecule has 3 aromatic rings. The van der Waals surface area contributed by atoms with Crippen molar-refractivity contribution in [2.24, 2.45) is 0 Å². The monoisotopic (exact) mass is 409 g/mol. The first kappa shape index (κ1) is 20.6. The first-order chi connectivity index (χ1) is 14.5. The Labute approximate surface area is 174 Å². The number of benzene rings is 3. The van der Waals surface area contributed by atoms with Crippen LogP contribution in [0.5, 0.6) is 11.5 Å². The summed E-state index contributed by atoms with van der Waals surface area (Å²) < 4.78 is 11.0. The number of methoxy groups -OCH3 is 2. The second-order valence-corrected chi connectivity index (χ2v) is 6.42. The van der Waals surface area contributed by atoms with E-state index in [2.05, 4.69) is 21.7 Å². The first-order valence-electron chi connectivity index (χ1n) is 9.11. The Kier molecular flexibility index (Phi) is 6.43. The molecule has 4 N–H and O–H groups in total. The summed E-state index contributed by atoms with van der Waals surface area (Å²) in [7, 11) is 3.14. The number of ether oxygens (including phenoxy) is 2. The SMILES string of the molecule is COc1cc(NNc2ccc([N+](=O)[O-])cc2)c(OC)cc1NNc1ccc(C)cc1. The number of hydrogen-bond acceptors (Lipinski definition) is 8. The molecule has 0 heterocycles. The van der Waals surface area contributed by atoms with Gasteiger partial charge in [0.15, 0.2) is 0 Å². The van der Waals surface area contributed by atoms with Gasteiger partial charge in [-0.05, 0) is 31.2 Å². The highest BCUT2D eigenvalue weighted by Crippen LogP contribution is 2.36. The molecule has 0 aliphatic heterocycles. The van der Waals surface area contributed by atoms with Crippen molar-refractivity contribution in [3.8, 4) is 11.5 Å². The first-order valence-corrected chi connectivity index (χ1v) is 9.11. The Bertz CT molecular complexity index is 1010. The molecule has 0 radical (unpaired) electrons. The highest BCUT2D eigenvalue weighted by Gasteiger charge is 2.12. The summed E-state index contributed by atoms with van der Waals surface area (Å²) in [6.07, 6.45) is 0. The van der Waals surface area contributed by atoms with Gasteiger partial charge >= 0.3 is 0 Å². The average molecular weight is 409 g/mol. The molecule has 0 aromatic heterocycles. The Morgan fingerprint density at radius 2 is 1.17 bits per heavy atom. The maximum Gasteiger partial charge on any atom is 0.269 e. The minimum Gasteiger partial charge on any atom is -0.494 e. The van der Waals surface area contributed by atoms with Gasteiger partial charge < -0.3 is 20.3 Å². The second-order valence-electron chi connectivity index (χ2n) is 6.42. The fourth-order valence-electron chi connectivity index (χ4n) is 2.68. The fourth-order valence-corrected chi connectivity index (χ4v) is 2.68. The third-order valence-corrected chi connectivity index (χ3v) is 4.33. The van der Waals surface area contributed by atoms with Crippen LogP contribution in [0.4, 0.5) is 28.4 Å². The van der Waals surface area contributed by atoms with Crippen LogP contribution in [-0.2, 0) is 0 Å². The lowest BCUT2D eigenvalue weighted by Gasteiger charge is -2.18. The van der Waals surface area contributed by atoms with Gasteiger partial charge in [0.05, 0.1) is 41.9 Å². The Morgan fingerprint density at radius 3 is 1.57 bits per heavy atom. The molecule has 9 nitrogen and oxygen atoms in total. The predicted octanol–water partition coefficient (Wildman–Crippen LogP) is 4.80. The van der Waals surface area contributed by atoms with E-state index in [1.165, 1.54) is 17.7 Å². The van der Waals surface area contributed by atoms with Crippen LogP contribution in [0.1, 0.15) is 5.56 Å². The third-order valence-electron chi connectivity index (χ3n) is 4.33. The summed E-state index contributed by atoms with van der Waals surface area (Å²) in [5, 5.41) is 10.8. The van der Waals surface area contributed by atoms with Crippen molar-refractivity contribution in [3.63, 3.8) is 0 Å². The van der Waals surface area contributed by atoms with Gasteiger partial charge in [-0.15, -0.1) is 0 Å². The summed E-state index contributed by atoms with van der Waals surface area (Å²) in [4.78, 5) is 10.3. The quantitative estimate of drug-likeness (QED) is 0.295. The highest BCUT2D eigenvalue weighted by atomic mass is 16.6. The van der Waals surface area contributed by atoms with Crippen LogP contribution >= 0.6 is 0 Å². The molecule has 9 heteroatoms. The molecule has 0 atom stereocenters. The standard InChI is InChI=1S/C21H23N5O4/c1-14-4-6-15(7-5-14)22-24-18-12-21(30-3)19(13-20(18)29-2)25-23-16-8-10-17(11-9-16)26(27)28/h4-13,22-25H,1-3H3. The molecule has 0 saturated heterocycles. The number of nitro groups is 1. The number of hydrogen-bond donors (Lipinski definition) is 4. The van der Waals surface area contributed by atoms with Crippen LogP contribution in [0.2, 0.25) is 0 Å². The number of anilines is 4. The van der Waals surface area contributed by atoms with Gasteiger partial charge in [0.1, 0.15) is 11.5 Å². The molecular weight excluding hydrogens is 386 g/mol. The van der Waals surface area contributed by atoms with Gasteiger partial charge in [-0.1, -0.05) is 17.7 Å². The van der Waals surface area contributed by atoms with E-state index in [0.29, 0.717) is 28.6 Å². The Balaban J connectivity index is 1.73. The van der Waals surface area contributed by atoms with Crippen molar-refractivity contribution in [2.75, 3.05) is 35.9 Å². The molecule has 0 aliphatic carbocycles. The molecule has 0 spiro atoms. The fraction of sp³-hybridized carbons (Fsp3) is 0.143. The van der Waals surface area contributed by atoms with E-state index < -0.39 is 4.92 Å². The maximum absolute atomic E-state index is 10.8. The molecule has 0 amide bonds. The van der Waals surface area contributed by atoms with Crippen molar-refractivity contribution >= 4 is 28.4 Å². The van der Waals surface area contributed by atoms with Crippen molar-refractivity contribution in [1.29, 1.82) is 0 Å². The van der Waals surface area contributed by atoms with E-state index in [-0.39, 0.29) is 5.69 Å². The van der Waals surface area contributed by atoms with Gasteiger partial charge in [-0.25, -0.2) is 0 Å². The average Bonchev–Trinajstić information content (AvgIpc) is 2.77. The Morgan fingerprint density at radius 1 is 0.733 bits per heavy atom. The Hall–Kier alpha value is -4.14. The summed E-state index contributed by atoms with van der Waals surface area (Å²) >= 11 is 0. The number of nitrogens with zero attached hydrogens (tertiary/aromatic N) is 1. The van der Waals surface area contributed by atoms with Crippen molar-refractivity contribution in [1.82, 2.24) is 0 Å². The van der Waals surface area contributed by atoms with Crippen LogP contribution in [0, 0.1) is 17.0 Å². The molecule has 156 valence electrons. The third kappa shape index (κ3) is 5.02.